The summed E-state index contributed by atoms with van der Waals surface area (Å²) in [6.45, 7) is 0.329. The standard InChI is InChI=1S/C16H21F3N2O3/c1-21(10-15(11-22)8-4-5-9-15)14(23)20-12-6-2-3-7-13(12)24-16(17,18)19/h2-3,6-7,22H,4-5,8-11H2,1H3,(H,20,23). The van der Waals surface area contributed by atoms with Crippen molar-refractivity contribution in [1.29, 1.82) is 0 Å². The van der Waals surface area contributed by atoms with E-state index in [9.17, 15) is 23.1 Å². The highest BCUT2D eigenvalue weighted by Crippen LogP contribution is 2.38. The van der Waals surface area contributed by atoms with Crippen LogP contribution in [0.15, 0.2) is 24.3 Å². The number of amides is 2. The van der Waals surface area contributed by atoms with Crippen molar-refractivity contribution in [3.05, 3.63) is 24.3 Å². The number of halogens is 3. The number of carbonyl (C=O) groups excluding carboxylic acids is 1. The summed E-state index contributed by atoms with van der Waals surface area (Å²) in [5, 5.41) is 12.0. The largest absolute Gasteiger partial charge is 0.573 e. The minimum atomic E-state index is -4.84. The fraction of sp³-hybridized carbons (Fsp3) is 0.562. The molecule has 1 fully saturated rings. The molecule has 0 spiro atoms. The highest BCUT2D eigenvalue weighted by molar-refractivity contribution is 5.90. The van der Waals surface area contributed by atoms with Crippen LogP contribution in [0.3, 0.4) is 0 Å². The number of hydrogen-bond donors (Lipinski definition) is 2. The molecule has 1 aliphatic rings. The molecule has 5 nitrogen and oxygen atoms in total. The molecule has 1 aliphatic carbocycles. The molecule has 0 atom stereocenters. The first-order valence-corrected chi connectivity index (χ1v) is 7.72. The van der Waals surface area contributed by atoms with Crippen LogP contribution in [0.25, 0.3) is 0 Å². The molecule has 1 aromatic carbocycles. The number of rotatable bonds is 5. The van der Waals surface area contributed by atoms with Crippen LogP contribution >= 0.6 is 0 Å². The van der Waals surface area contributed by atoms with E-state index in [1.807, 2.05) is 0 Å². The molecule has 0 saturated heterocycles. The van der Waals surface area contributed by atoms with E-state index in [-0.39, 0.29) is 17.7 Å². The second-order valence-corrected chi connectivity index (χ2v) is 6.20. The summed E-state index contributed by atoms with van der Waals surface area (Å²) >= 11 is 0. The van der Waals surface area contributed by atoms with Crippen molar-refractivity contribution in [3.63, 3.8) is 0 Å². The zero-order valence-corrected chi connectivity index (χ0v) is 13.4. The summed E-state index contributed by atoms with van der Waals surface area (Å²) in [7, 11) is 1.55. The SMILES string of the molecule is CN(CC1(CO)CCCC1)C(=O)Nc1ccccc1OC(F)(F)F. The predicted molar refractivity (Wildman–Crippen MR) is 82.8 cm³/mol. The number of benzene rings is 1. The lowest BCUT2D eigenvalue weighted by Crippen LogP contribution is -2.41. The summed E-state index contributed by atoms with van der Waals surface area (Å²) in [5.41, 5.74) is -0.384. The number of ether oxygens (including phenoxy) is 1. The number of urea groups is 1. The van der Waals surface area contributed by atoms with Gasteiger partial charge in [-0.3, -0.25) is 0 Å². The van der Waals surface area contributed by atoms with E-state index in [1.54, 1.807) is 7.05 Å². The van der Waals surface area contributed by atoms with E-state index in [1.165, 1.54) is 23.1 Å². The molecule has 0 bridgehead atoms. The normalized spacial score (nSPS) is 16.7. The van der Waals surface area contributed by atoms with E-state index in [0.717, 1.165) is 31.7 Å². The average Bonchev–Trinajstić information content (AvgIpc) is 2.97. The van der Waals surface area contributed by atoms with Crippen molar-refractivity contribution in [2.75, 3.05) is 25.5 Å². The maximum Gasteiger partial charge on any atom is 0.573 e. The van der Waals surface area contributed by atoms with Gasteiger partial charge in [0.15, 0.2) is 5.75 Å². The number of aliphatic hydroxyl groups is 1. The number of alkyl halides is 3. The number of aliphatic hydroxyl groups excluding tert-OH is 1. The van der Waals surface area contributed by atoms with Crippen molar-refractivity contribution < 1.29 is 27.8 Å². The molecule has 8 heteroatoms. The van der Waals surface area contributed by atoms with E-state index in [2.05, 4.69) is 10.1 Å². The van der Waals surface area contributed by atoms with Gasteiger partial charge in [0.25, 0.3) is 0 Å². The zero-order chi connectivity index (χ0) is 17.8. The number of hydrogen-bond acceptors (Lipinski definition) is 3. The second kappa shape index (κ2) is 7.29. The van der Waals surface area contributed by atoms with Crippen molar-refractivity contribution in [1.82, 2.24) is 4.90 Å². The summed E-state index contributed by atoms with van der Waals surface area (Å²) in [6, 6.07) is 4.82. The molecule has 1 saturated carbocycles. The lowest BCUT2D eigenvalue weighted by molar-refractivity contribution is -0.274. The van der Waals surface area contributed by atoms with Gasteiger partial charge in [-0.05, 0) is 25.0 Å². The van der Waals surface area contributed by atoms with Crippen LogP contribution in [0.5, 0.6) is 5.75 Å². The summed E-state index contributed by atoms with van der Waals surface area (Å²) in [5.74, 6) is -0.468. The second-order valence-electron chi connectivity index (χ2n) is 6.20. The number of nitrogens with one attached hydrogen (secondary N) is 1. The third-order valence-electron chi connectivity index (χ3n) is 4.27. The first kappa shape index (κ1) is 18.4. The molecule has 0 aromatic heterocycles. The fourth-order valence-corrected chi connectivity index (χ4v) is 3.06. The monoisotopic (exact) mass is 346 g/mol. The number of nitrogens with zero attached hydrogens (tertiary/aromatic N) is 1. The first-order valence-electron chi connectivity index (χ1n) is 7.72. The average molecular weight is 346 g/mol. The summed E-state index contributed by atoms with van der Waals surface area (Å²) in [4.78, 5) is 13.7. The molecule has 2 amide bonds. The molecule has 2 N–H and O–H groups in total. The van der Waals surface area contributed by atoms with Crippen molar-refractivity contribution in [3.8, 4) is 5.75 Å². The smallest absolute Gasteiger partial charge is 0.404 e. The van der Waals surface area contributed by atoms with Crippen LogP contribution in [0.4, 0.5) is 23.7 Å². The maximum atomic E-state index is 12.4. The van der Waals surface area contributed by atoms with Gasteiger partial charge in [-0.2, -0.15) is 0 Å². The van der Waals surface area contributed by atoms with Gasteiger partial charge in [0.2, 0.25) is 0 Å². The molecule has 1 aromatic rings. The number of carbonyl (C=O) groups is 1. The van der Waals surface area contributed by atoms with Gasteiger partial charge >= 0.3 is 12.4 Å². The van der Waals surface area contributed by atoms with E-state index >= 15 is 0 Å². The summed E-state index contributed by atoms with van der Waals surface area (Å²) < 4.78 is 41.1. The molecule has 0 heterocycles. The van der Waals surface area contributed by atoms with Gasteiger partial charge in [-0.1, -0.05) is 25.0 Å². The van der Waals surface area contributed by atoms with Crippen LogP contribution in [0.1, 0.15) is 25.7 Å². The Balaban J connectivity index is 2.04. The fourth-order valence-electron chi connectivity index (χ4n) is 3.06. The molecular formula is C16H21F3N2O3. The Hall–Kier alpha value is -1.96. The highest BCUT2D eigenvalue weighted by atomic mass is 19.4. The predicted octanol–water partition coefficient (Wildman–Crippen LogP) is 3.60. The van der Waals surface area contributed by atoms with Crippen LogP contribution < -0.4 is 10.1 Å². The van der Waals surface area contributed by atoms with Crippen LogP contribution in [0, 0.1) is 5.41 Å². The highest BCUT2D eigenvalue weighted by Gasteiger charge is 2.36. The zero-order valence-electron chi connectivity index (χ0n) is 13.4. The third kappa shape index (κ3) is 4.77. The Bertz CT molecular complexity index is 572. The molecule has 2 rings (SSSR count). The van der Waals surface area contributed by atoms with Crippen molar-refractivity contribution in [2.24, 2.45) is 5.41 Å². The van der Waals surface area contributed by atoms with Crippen LogP contribution in [-0.2, 0) is 0 Å². The third-order valence-corrected chi connectivity index (χ3v) is 4.27. The minimum Gasteiger partial charge on any atom is -0.404 e. The maximum absolute atomic E-state index is 12.4. The van der Waals surface area contributed by atoms with Gasteiger partial charge in [-0.15, -0.1) is 13.2 Å². The van der Waals surface area contributed by atoms with Crippen molar-refractivity contribution in [2.45, 2.75) is 32.0 Å². The van der Waals surface area contributed by atoms with Gasteiger partial charge in [0, 0.05) is 19.0 Å². The van der Waals surface area contributed by atoms with Crippen LogP contribution in [-0.4, -0.2) is 42.6 Å². The molecule has 0 aliphatic heterocycles. The van der Waals surface area contributed by atoms with Gasteiger partial charge < -0.3 is 20.1 Å². The molecule has 0 radical (unpaired) electrons. The Morgan fingerprint density at radius 2 is 1.96 bits per heavy atom. The topological polar surface area (TPSA) is 61.8 Å². The molecular weight excluding hydrogens is 325 g/mol. The van der Waals surface area contributed by atoms with E-state index in [0.29, 0.717) is 6.54 Å². The van der Waals surface area contributed by atoms with Crippen molar-refractivity contribution >= 4 is 11.7 Å². The lowest BCUT2D eigenvalue weighted by atomic mass is 9.87. The molecule has 134 valence electrons. The Kier molecular flexibility index (Phi) is 5.58. The molecule has 0 unspecified atom stereocenters. The van der Waals surface area contributed by atoms with E-state index in [4.69, 9.17) is 0 Å². The van der Waals surface area contributed by atoms with Gasteiger partial charge in [0.1, 0.15) is 0 Å². The number of para-hydroxylation sites is 2. The Morgan fingerprint density at radius 1 is 1.33 bits per heavy atom. The Labute approximate surface area is 138 Å². The number of anilines is 1. The quantitative estimate of drug-likeness (QED) is 0.856. The van der Waals surface area contributed by atoms with Gasteiger partial charge in [0.05, 0.1) is 12.3 Å². The summed E-state index contributed by atoms with van der Waals surface area (Å²) in [6.07, 6.45) is -1.18. The lowest BCUT2D eigenvalue weighted by Gasteiger charge is -2.31. The molecule has 24 heavy (non-hydrogen) atoms. The first-order chi connectivity index (χ1) is 11.2. The minimum absolute atomic E-state index is 0.0155. The van der Waals surface area contributed by atoms with Crippen LogP contribution in [0.2, 0.25) is 0 Å². The Morgan fingerprint density at radius 3 is 2.54 bits per heavy atom. The van der Waals surface area contributed by atoms with E-state index < -0.39 is 18.1 Å². The van der Waals surface area contributed by atoms with Gasteiger partial charge in [-0.25, -0.2) is 4.79 Å².